The number of benzene rings is 1. The molecule has 1 aromatic carbocycles. The second-order valence-electron chi connectivity index (χ2n) is 9.27. The monoisotopic (exact) mass is 465 g/mol. The van der Waals surface area contributed by atoms with Crippen LogP contribution in [0.3, 0.4) is 0 Å². The summed E-state index contributed by atoms with van der Waals surface area (Å²) in [5.41, 5.74) is 3.37. The van der Waals surface area contributed by atoms with E-state index < -0.39 is 0 Å². The standard InChI is InChI=1S/C26H35N5OS/c1-7-12-30-13-15-31(16-14-30)26(32)23-18(4)22-24(27-19(5)28-25(22)33-23)29(6)21-10-8-20(9-11-21)17(2)3/h8-11,17H,7,12-16H2,1-6H3. The quantitative estimate of drug-likeness (QED) is 0.490. The number of rotatable bonds is 6. The second-order valence-corrected chi connectivity index (χ2v) is 10.3. The number of piperazine rings is 1. The number of amides is 1. The largest absolute Gasteiger partial charge is 0.335 e. The summed E-state index contributed by atoms with van der Waals surface area (Å²) in [6.45, 7) is 15.1. The molecule has 0 radical (unpaired) electrons. The van der Waals surface area contributed by atoms with E-state index in [-0.39, 0.29) is 5.91 Å². The van der Waals surface area contributed by atoms with E-state index in [9.17, 15) is 4.79 Å². The lowest BCUT2D eigenvalue weighted by atomic mass is 10.0. The maximum Gasteiger partial charge on any atom is 0.264 e. The molecule has 0 aliphatic carbocycles. The zero-order valence-electron chi connectivity index (χ0n) is 20.7. The van der Waals surface area contributed by atoms with E-state index in [1.54, 1.807) is 0 Å². The number of nitrogens with zero attached hydrogens (tertiary/aromatic N) is 5. The van der Waals surface area contributed by atoms with Gasteiger partial charge in [-0.15, -0.1) is 11.3 Å². The van der Waals surface area contributed by atoms with E-state index in [1.165, 1.54) is 16.9 Å². The molecule has 3 aromatic rings. The molecule has 1 saturated heterocycles. The molecule has 176 valence electrons. The number of carbonyl (C=O) groups excluding carboxylic acids is 1. The van der Waals surface area contributed by atoms with Gasteiger partial charge in [-0.3, -0.25) is 9.69 Å². The average molecular weight is 466 g/mol. The van der Waals surface area contributed by atoms with E-state index in [0.717, 1.165) is 77.1 Å². The Kier molecular flexibility index (Phi) is 7.00. The molecule has 1 fully saturated rings. The van der Waals surface area contributed by atoms with Crippen LogP contribution in [-0.2, 0) is 0 Å². The molecule has 3 heterocycles. The molecule has 1 aliphatic heterocycles. The van der Waals surface area contributed by atoms with E-state index in [2.05, 4.69) is 54.8 Å². The van der Waals surface area contributed by atoms with Crippen LogP contribution in [0.5, 0.6) is 0 Å². The Hall–Kier alpha value is -2.51. The summed E-state index contributed by atoms with van der Waals surface area (Å²) in [5.74, 6) is 2.19. The van der Waals surface area contributed by atoms with Gasteiger partial charge in [0.05, 0.1) is 10.3 Å². The van der Waals surface area contributed by atoms with Gasteiger partial charge in [0.25, 0.3) is 5.91 Å². The van der Waals surface area contributed by atoms with Crippen LogP contribution in [0.25, 0.3) is 10.2 Å². The molecule has 1 aliphatic rings. The van der Waals surface area contributed by atoms with Crippen LogP contribution >= 0.6 is 11.3 Å². The number of fused-ring (bicyclic) bond motifs is 1. The number of aryl methyl sites for hydroxylation is 2. The van der Waals surface area contributed by atoms with E-state index in [1.807, 2.05) is 25.8 Å². The third-order valence-electron chi connectivity index (χ3n) is 6.54. The molecule has 6 nitrogen and oxygen atoms in total. The van der Waals surface area contributed by atoms with Gasteiger partial charge in [-0.1, -0.05) is 32.9 Å². The minimum Gasteiger partial charge on any atom is -0.335 e. The van der Waals surface area contributed by atoms with E-state index in [0.29, 0.717) is 5.92 Å². The Morgan fingerprint density at radius 1 is 1.09 bits per heavy atom. The first-order valence-electron chi connectivity index (χ1n) is 11.9. The Morgan fingerprint density at radius 3 is 2.36 bits per heavy atom. The number of thiophene rings is 1. The summed E-state index contributed by atoms with van der Waals surface area (Å²) >= 11 is 1.50. The molecule has 4 rings (SSSR count). The van der Waals surface area contributed by atoms with Crippen LogP contribution in [0, 0.1) is 13.8 Å². The zero-order valence-corrected chi connectivity index (χ0v) is 21.5. The smallest absolute Gasteiger partial charge is 0.264 e. The second kappa shape index (κ2) is 9.77. The third-order valence-corrected chi connectivity index (χ3v) is 7.71. The molecule has 0 bridgehead atoms. The molecule has 33 heavy (non-hydrogen) atoms. The van der Waals surface area contributed by atoms with E-state index in [4.69, 9.17) is 9.97 Å². The predicted molar refractivity (Wildman–Crippen MR) is 138 cm³/mol. The maximum absolute atomic E-state index is 13.4. The first-order chi connectivity index (χ1) is 15.8. The van der Waals surface area contributed by atoms with Crippen LogP contribution in [0.4, 0.5) is 11.5 Å². The Bertz CT molecular complexity index is 1130. The molecule has 2 aromatic heterocycles. The number of hydrogen-bond donors (Lipinski definition) is 0. The lowest BCUT2D eigenvalue weighted by Gasteiger charge is -2.34. The summed E-state index contributed by atoms with van der Waals surface area (Å²) in [5, 5.41) is 0.981. The van der Waals surface area contributed by atoms with Gasteiger partial charge in [0.1, 0.15) is 16.5 Å². The Balaban J connectivity index is 1.66. The van der Waals surface area contributed by atoms with Crippen molar-refractivity contribution >= 4 is 39.0 Å². The van der Waals surface area contributed by atoms with Gasteiger partial charge < -0.3 is 9.80 Å². The molecular weight excluding hydrogens is 430 g/mol. The third kappa shape index (κ3) is 4.75. The maximum atomic E-state index is 13.4. The van der Waals surface area contributed by atoms with Crippen LogP contribution in [0.2, 0.25) is 0 Å². The highest BCUT2D eigenvalue weighted by atomic mass is 32.1. The molecule has 1 amide bonds. The van der Waals surface area contributed by atoms with Crippen molar-refractivity contribution in [1.82, 2.24) is 19.8 Å². The lowest BCUT2D eigenvalue weighted by molar-refractivity contribution is 0.0642. The van der Waals surface area contributed by atoms with Crippen LogP contribution < -0.4 is 4.90 Å². The van der Waals surface area contributed by atoms with Crippen molar-refractivity contribution in [3.8, 4) is 0 Å². The van der Waals surface area contributed by atoms with Gasteiger partial charge in [-0.25, -0.2) is 9.97 Å². The predicted octanol–water partition coefficient (Wildman–Crippen LogP) is 5.37. The van der Waals surface area contributed by atoms with Crippen molar-refractivity contribution in [1.29, 1.82) is 0 Å². The molecule has 7 heteroatoms. The summed E-state index contributed by atoms with van der Waals surface area (Å²) in [4.78, 5) is 31.2. The summed E-state index contributed by atoms with van der Waals surface area (Å²) in [7, 11) is 2.04. The van der Waals surface area contributed by atoms with Gasteiger partial charge in [0, 0.05) is 38.9 Å². The van der Waals surface area contributed by atoms with Gasteiger partial charge in [0.2, 0.25) is 0 Å². The van der Waals surface area contributed by atoms with Crippen LogP contribution in [-0.4, -0.2) is 65.4 Å². The zero-order chi connectivity index (χ0) is 23.7. The van der Waals surface area contributed by atoms with Gasteiger partial charge in [-0.2, -0.15) is 0 Å². The highest BCUT2D eigenvalue weighted by Crippen LogP contribution is 2.38. The molecule has 0 saturated carbocycles. The molecule has 0 N–H and O–H groups in total. The number of aromatic nitrogens is 2. The molecular formula is C26H35N5OS. The summed E-state index contributed by atoms with van der Waals surface area (Å²) < 4.78 is 0. The van der Waals surface area contributed by atoms with Gasteiger partial charge >= 0.3 is 0 Å². The Labute approximate surface area is 201 Å². The normalized spacial score (nSPS) is 14.9. The first kappa shape index (κ1) is 23.6. The first-order valence-corrected chi connectivity index (χ1v) is 12.7. The SMILES string of the molecule is CCCN1CCN(C(=O)c2sc3nc(C)nc(N(C)c4ccc(C(C)C)cc4)c3c2C)CC1. The Morgan fingerprint density at radius 2 is 1.76 bits per heavy atom. The lowest BCUT2D eigenvalue weighted by Crippen LogP contribution is -2.48. The van der Waals surface area contributed by atoms with Crippen molar-refractivity contribution in [2.75, 3.05) is 44.7 Å². The van der Waals surface area contributed by atoms with Crippen molar-refractivity contribution in [2.45, 2.75) is 47.0 Å². The number of anilines is 2. The molecule has 0 spiro atoms. The number of hydrogen-bond acceptors (Lipinski definition) is 6. The number of carbonyl (C=O) groups is 1. The minimum atomic E-state index is 0.124. The van der Waals surface area contributed by atoms with E-state index >= 15 is 0 Å². The topological polar surface area (TPSA) is 52.6 Å². The van der Waals surface area contributed by atoms with Crippen molar-refractivity contribution in [3.63, 3.8) is 0 Å². The van der Waals surface area contributed by atoms with Crippen molar-refractivity contribution in [2.24, 2.45) is 0 Å². The van der Waals surface area contributed by atoms with Crippen molar-refractivity contribution in [3.05, 3.63) is 46.1 Å². The van der Waals surface area contributed by atoms with Gasteiger partial charge in [0.15, 0.2) is 0 Å². The van der Waals surface area contributed by atoms with Crippen LogP contribution in [0.15, 0.2) is 24.3 Å². The average Bonchev–Trinajstić information content (AvgIpc) is 3.14. The van der Waals surface area contributed by atoms with Gasteiger partial charge in [-0.05, 0) is 56.0 Å². The van der Waals surface area contributed by atoms with Crippen molar-refractivity contribution < 1.29 is 4.79 Å². The fraction of sp³-hybridized carbons (Fsp3) is 0.500. The highest BCUT2D eigenvalue weighted by Gasteiger charge is 2.27. The minimum absolute atomic E-state index is 0.124. The summed E-state index contributed by atoms with van der Waals surface area (Å²) in [6.07, 6.45) is 1.15. The molecule has 0 unspecified atom stereocenters. The fourth-order valence-corrected chi connectivity index (χ4v) is 5.70. The highest BCUT2D eigenvalue weighted by molar-refractivity contribution is 7.20. The fourth-order valence-electron chi connectivity index (χ4n) is 4.51. The van der Waals surface area contributed by atoms with Crippen LogP contribution in [0.1, 0.15) is 59.7 Å². The molecule has 0 atom stereocenters. The summed E-state index contributed by atoms with van der Waals surface area (Å²) in [6, 6.07) is 8.63.